The number of phenolic OH excluding ortho intramolecular Hbond substituents is 1. The van der Waals surface area contributed by atoms with Gasteiger partial charge in [-0.15, -0.1) is 0 Å². The third-order valence-corrected chi connectivity index (χ3v) is 8.50. The number of nitrogens with zero attached hydrogens (tertiary/aromatic N) is 5. The predicted octanol–water partition coefficient (Wildman–Crippen LogP) is 7.15. The maximum Gasteiger partial charge on any atom is 0.227 e. The number of hydrogen-bond acceptors (Lipinski definition) is 7. The number of thiazole rings is 1. The Balaban J connectivity index is 1.46. The number of piperidine rings is 1. The molecule has 3 aromatic heterocycles. The molecule has 11 heteroatoms. The van der Waals surface area contributed by atoms with Gasteiger partial charge in [-0.2, -0.15) is 0 Å². The summed E-state index contributed by atoms with van der Waals surface area (Å²) in [6.45, 7) is 3.73. The van der Waals surface area contributed by atoms with E-state index in [0.717, 1.165) is 39.2 Å². The number of amides is 1. The van der Waals surface area contributed by atoms with Crippen molar-refractivity contribution in [3.05, 3.63) is 83.5 Å². The lowest BCUT2D eigenvalue weighted by molar-refractivity contribution is -0.120. The van der Waals surface area contributed by atoms with Crippen LogP contribution in [0.2, 0.25) is 0 Å². The summed E-state index contributed by atoms with van der Waals surface area (Å²) in [4.78, 5) is 24.7. The molecule has 1 unspecified atom stereocenters. The average molecular weight is 572 g/mol. The van der Waals surface area contributed by atoms with Crippen LogP contribution in [0.25, 0.3) is 37.5 Å². The number of hydrogen-bond donors (Lipinski definition) is 1. The summed E-state index contributed by atoms with van der Waals surface area (Å²) in [6.07, 6.45) is 1.47. The number of carbonyl (C=O) groups excluding carboxylic acids is 1. The Morgan fingerprint density at radius 2 is 1.85 bits per heavy atom. The Morgan fingerprint density at radius 3 is 2.63 bits per heavy atom. The lowest BCUT2D eigenvalue weighted by Crippen LogP contribution is -2.39. The Morgan fingerprint density at radius 1 is 1.00 bits per heavy atom. The van der Waals surface area contributed by atoms with Crippen LogP contribution >= 0.6 is 11.3 Å². The van der Waals surface area contributed by atoms with Crippen LogP contribution in [0.15, 0.2) is 59.1 Å². The van der Waals surface area contributed by atoms with E-state index in [1.165, 1.54) is 22.3 Å². The van der Waals surface area contributed by atoms with Crippen LogP contribution in [-0.4, -0.2) is 30.7 Å². The lowest BCUT2D eigenvalue weighted by Gasteiger charge is -2.35. The molecule has 0 aliphatic carbocycles. The van der Waals surface area contributed by atoms with Crippen LogP contribution in [0, 0.1) is 25.5 Å². The summed E-state index contributed by atoms with van der Waals surface area (Å²) >= 11 is 1.43. The number of anilines is 1. The van der Waals surface area contributed by atoms with Crippen LogP contribution in [0.4, 0.5) is 14.5 Å². The molecule has 1 N–H and O–H groups in total. The molecule has 1 atom stereocenters. The van der Waals surface area contributed by atoms with Gasteiger partial charge >= 0.3 is 0 Å². The van der Waals surface area contributed by atoms with Crippen LogP contribution in [-0.2, 0) is 4.79 Å². The fraction of sp³-hybridized carbons (Fsp3) is 0.200. The van der Waals surface area contributed by atoms with Crippen molar-refractivity contribution in [3.63, 3.8) is 0 Å². The van der Waals surface area contributed by atoms with E-state index in [1.807, 2.05) is 36.6 Å². The van der Waals surface area contributed by atoms with Gasteiger partial charge < -0.3 is 14.5 Å². The van der Waals surface area contributed by atoms with Gasteiger partial charge in [0, 0.05) is 29.8 Å². The minimum Gasteiger partial charge on any atom is -0.508 e. The molecular weight excluding hydrogens is 548 g/mol. The molecule has 1 aliphatic rings. The SMILES string of the molecule is Cc1noc(C)c1-c1ccc2c(c1)nc(C1CCCC(=O)N1c1ccc(F)c(F)c1)n2-c1nc2cc(O)ccc2s1. The number of halogens is 2. The Hall–Kier alpha value is -4.64. The molecule has 206 valence electrons. The van der Waals surface area contributed by atoms with Crippen LogP contribution in [0.5, 0.6) is 5.75 Å². The van der Waals surface area contributed by atoms with E-state index >= 15 is 0 Å². The molecule has 3 aromatic carbocycles. The van der Waals surface area contributed by atoms with Gasteiger partial charge in [-0.05, 0) is 68.7 Å². The maximum atomic E-state index is 14.3. The zero-order chi connectivity index (χ0) is 28.4. The van der Waals surface area contributed by atoms with Crippen LogP contribution in [0.3, 0.4) is 0 Å². The maximum absolute atomic E-state index is 14.3. The molecule has 1 aliphatic heterocycles. The first-order valence-corrected chi connectivity index (χ1v) is 13.9. The minimum absolute atomic E-state index is 0.108. The first kappa shape index (κ1) is 25.3. The molecule has 6 aromatic rings. The van der Waals surface area contributed by atoms with E-state index < -0.39 is 17.7 Å². The zero-order valence-corrected chi connectivity index (χ0v) is 22.9. The average Bonchev–Trinajstić information content (AvgIpc) is 3.63. The fourth-order valence-electron chi connectivity index (χ4n) is 5.65. The smallest absolute Gasteiger partial charge is 0.227 e. The third-order valence-electron chi connectivity index (χ3n) is 7.48. The molecule has 0 spiro atoms. The number of aromatic nitrogens is 4. The molecule has 41 heavy (non-hydrogen) atoms. The van der Waals surface area contributed by atoms with Gasteiger partial charge in [0.1, 0.15) is 17.3 Å². The number of phenols is 1. The number of carbonyl (C=O) groups is 1. The van der Waals surface area contributed by atoms with E-state index in [0.29, 0.717) is 40.6 Å². The molecule has 8 nitrogen and oxygen atoms in total. The van der Waals surface area contributed by atoms with E-state index in [4.69, 9.17) is 14.5 Å². The standard InChI is InChI=1S/C30H23F2N5O3S/c1-15-28(16(2)40-35-15)17-6-10-24-22(12-17)33-29(37(24)30-34-23-14-19(38)8-11-26(23)41-30)25-4-3-5-27(39)36(25)18-7-9-20(31)21(32)13-18/h6-14,25,38H,3-5H2,1-2H3. The summed E-state index contributed by atoms with van der Waals surface area (Å²) in [7, 11) is 0. The summed E-state index contributed by atoms with van der Waals surface area (Å²) < 4.78 is 36.3. The molecule has 0 saturated carbocycles. The summed E-state index contributed by atoms with van der Waals surface area (Å²) in [6, 6.07) is 13.8. The topological polar surface area (TPSA) is 97.3 Å². The zero-order valence-electron chi connectivity index (χ0n) is 22.1. The van der Waals surface area contributed by atoms with Crippen molar-refractivity contribution in [2.24, 2.45) is 0 Å². The second kappa shape index (κ2) is 9.48. The summed E-state index contributed by atoms with van der Waals surface area (Å²) in [5.41, 5.74) is 4.86. The number of aryl methyl sites for hydroxylation is 2. The highest BCUT2D eigenvalue weighted by atomic mass is 32.1. The number of aromatic hydroxyl groups is 1. The molecule has 0 bridgehead atoms. The summed E-state index contributed by atoms with van der Waals surface area (Å²) in [5, 5.41) is 14.7. The monoisotopic (exact) mass is 571 g/mol. The highest BCUT2D eigenvalue weighted by molar-refractivity contribution is 7.20. The first-order chi connectivity index (χ1) is 19.8. The lowest BCUT2D eigenvalue weighted by atomic mass is 9.99. The third kappa shape index (κ3) is 4.15. The Labute approximate surface area is 236 Å². The normalized spacial score (nSPS) is 15.9. The molecule has 4 heterocycles. The Kier molecular flexibility index (Phi) is 5.86. The number of rotatable bonds is 4. The van der Waals surface area contributed by atoms with E-state index in [2.05, 4.69) is 5.16 Å². The van der Waals surface area contributed by atoms with Gasteiger partial charge in [0.25, 0.3) is 0 Å². The van der Waals surface area contributed by atoms with Crippen molar-refractivity contribution >= 4 is 44.2 Å². The fourth-order valence-corrected chi connectivity index (χ4v) is 6.62. The number of benzene rings is 3. The van der Waals surface area contributed by atoms with Crippen molar-refractivity contribution in [2.75, 3.05) is 4.90 Å². The second-order valence-corrected chi connectivity index (χ2v) is 11.1. The van der Waals surface area contributed by atoms with Gasteiger partial charge in [-0.25, -0.2) is 18.7 Å². The number of imidazole rings is 1. The molecule has 1 fully saturated rings. The van der Waals surface area contributed by atoms with E-state index in [9.17, 15) is 18.7 Å². The predicted molar refractivity (Wildman–Crippen MR) is 151 cm³/mol. The van der Waals surface area contributed by atoms with Crippen molar-refractivity contribution in [1.82, 2.24) is 19.7 Å². The quantitative estimate of drug-likeness (QED) is 0.241. The van der Waals surface area contributed by atoms with Crippen LogP contribution < -0.4 is 4.90 Å². The molecule has 1 saturated heterocycles. The molecule has 7 rings (SSSR count). The highest BCUT2D eigenvalue weighted by Gasteiger charge is 2.35. The van der Waals surface area contributed by atoms with Crippen molar-refractivity contribution < 1.29 is 23.2 Å². The van der Waals surface area contributed by atoms with Crippen molar-refractivity contribution in [2.45, 2.75) is 39.2 Å². The van der Waals surface area contributed by atoms with Gasteiger partial charge in [0.15, 0.2) is 16.8 Å². The summed E-state index contributed by atoms with van der Waals surface area (Å²) in [5.74, 6) is -0.852. The van der Waals surface area contributed by atoms with Gasteiger partial charge in [0.05, 0.1) is 33.0 Å². The molecule has 0 radical (unpaired) electrons. The molecular formula is C30H23F2N5O3S. The van der Waals surface area contributed by atoms with E-state index in [1.54, 1.807) is 18.2 Å². The van der Waals surface area contributed by atoms with Crippen LogP contribution in [0.1, 0.15) is 42.6 Å². The highest BCUT2D eigenvalue weighted by Crippen LogP contribution is 2.40. The van der Waals surface area contributed by atoms with Gasteiger partial charge in [-0.1, -0.05) is 22.6 Å². The van der Waals surface area contributed by atoms with Crippen molar-refractivity contribution in [1.29, 1.82) is 0 Å². The van der Waals surface area contributed by atoms with Gasteiger partial charge in [0.2, 0.25) is 5.91 Å². The number of fused-ring (bicyclic) bond motifs is 2. The second-order valence-electron chi connectivity index (χ2n) is 10.1. The Bertz CT molecular complexity index is 1980. The first-order valence-electron chi connectivity index (χ1n) is 13.1. The van der Waals surface area contributed by atoms with E-state index in [-0.39, 0.29) is 23.8 Å². The largest absolute Gasteiger partial charge is 0.508 e. The van der Waals surface area contributed by atoms with Gasteiger partial charge in [-0.3, -0.25) is 9.36 Å². The molecule has 1 amide bonds. The minimum atomic E-state index is -1.02. The van der Waals surface area contributed by atoms with Crippen molar-refractivity contribution in [3.8, 4) is 22.0 Å².